The van der Waals surface area contributed by atoms with E-state index in [1.807, 2.05) is 24.3 Å². The standard InChI is InChI=1S/C13H14INO2/c1-9-3-5-12(16-2)11(7-9)15-8-10-4-6-13(14)17-10/h3-7,15H,8H2,1-2H3. The molecule has 1 aromatic carbocycles. The van der Waals surface area contributed by atoms with Crippen molar-refractivity contribution in [3.05, 3.63) is 45.4 Å². The number of rotatable bonds is 4. The van der Waals surface area contributed by atoms with E-state index in [0.717, 1.165) is 21.0 Å². The van der Waals surface area contributed by atoms with Crippen molar-refractivity contribution in [3.8, 4) is 5.75 Å². The highest BCUT2D eigenvalue weighted by Gasteiger charge is 2.04. The van der Waals surface area contributed by atoms with E-state index in [9.17, 15) is 0 Å². The molecule has 0 atom stereocenters. The fourth-order valence-corrected chi connectivity index (χ4v) is 2.05. The maximum Gasteiger partial charge on any atom is 0.164 e. The number of methoxy groups -OCH3 is 1. The van der Waals surface area contributed by atoms with Crippen LogP contribution in [0.1, 0.15) is 11.3 Å². The molecule has 0 aliphatic rings. The second-order valence-corrected chi connectivity index (χ2v) is 4.83. The van der Waals surface area contributed by atoms with Crippen molar-refractivity contribution in [3.63, 3.8) is 0 Å². The molecule has 2 aromatic rings. The van der Waals surface area contributed by atoms with Gasteiger partial charge in [0.2, 0.25) is 0 Å². The molecule has 0 radical (unpaired) electrons. The van der Waals surface area contributed by atoms with Crippen LogP contribution < -0.4 is 10.1 Å². The van der Waals surface area contributed by atoms with Gasteiger partial charge in [0.15, 0.2) is 3.77 Å². The summed E-state index contributed by atoms with van der Waals surface area (Å²) in [7, 11) is 1.67. The second-order valence-electron chi connectivity index (χ2n) is 3.76. The number of anilines is 1. The normalized spacial score (nSPS) is 10.3. The molecule has 0 bridgehead atoms. The Morgan fingerprint density at radius 3 is 2.76 bits per heavy atom. The average Bonchev–Trinajstić information content (AvgIpc) is 2.73. The van der Waals surface area contributed by atoms with Gasteiger partial charge in [-0.05, 0) is 59.3 Å². The lowest BCUT2D eigenvalue weighted by atomic mass is 10.2. The Kier molecular flexibility index (Phi) is 3.93. The van der Waals surface area contributed by atoms with Crippen LogP contribution in [0.25, 0.3) is 0 Å². The van der Waals surface area contributed by atoms with Gasteiger partial charge in [0.1, 0.15) is 11.5 Å². The first-order valence-electron chi connectivity index (χ1n) is 5.32. The minimum Gasteiger partial charge on any atom is -0.495 e. The molecule has 0 unspecified atom stereocenters. The Balaban J connectivity index is 2.10. The molecular formula is C13H14INO2. The number of benzene rings is 1. The van der Waals surface area contributed by atoms with E-state index in [1.165, 1.54) is 5.56 Å². The van der Waals surface area contributed by atoms with Gasteiger partial charge in [0.05, 0.1) is 19.3 Å². The van der Waals surface area contributed by atoms with E-state index in [-0.39, 0.29) is 0 Å². The van der Waals surface area contributed by atoms with Gasteiger partial charge < -0.3 is 14.5 Å². The molecule has 0 saturated heterocycles. The third kappa shape index (κ3) is 3.15. The summed E-state index contributed by atoms with van der Waals surface area (Å²) in [5.41, 5.74) is 2.18. The van der Waals surface area contributed by atoms with Crippen molar-refractivity contribution >= 4 is 28.3 Å². The summed E-state index contributed by atoms with van der Waals surface area (Å²) >= 11 is 2.16. The molecule has 0 aliphatic carbocycles. The predicted molar refractivity (Wildman–Crippen MR) is 76.5 cm³/mol. The summed E-state index contributed by atoms with van der Waals surface area (Å²) in [5, 5.41) is 3.31. The third-order valence-electron chi connectivity index (χ3n) is 2.44. The number of hydrogen-bond donors (Lipinski definition) is 1. The fraction of sp³-hybridized carbons (Fsp3) is 0.231. The highest BCUT2D eigenvalue weighted by molar-refractivity contribution is 14.1. The monoisotopic (exact) mass is 343 g/mol. The SMILES string of the molecule is COc1ccc(C)cc1NCc1ccc(I)o1. The molecule has 17 heavy (non-hydrogen) atoms. The lowest BCUT2D eigenvalue weighted by Gasteiger charge is -2.10. The van der Waals surface area contributed by atoms with Gasteiger partial charge in [-0.3, -0.25) is 0 Å². The summed E-state index contributed by atoms with van der Waals surface area (Å²) in [4.78, 5) is 0. The minimum atomic E-state index is 0.656. The van der Waals surface area contributed by atoms with Gasteiger partial charge in [-0.1, -0.05) is 6.07 Å². The average molecular weight is 343 g/mol. The summed E-state index contributed by atoms with van der Waals surface area (Å²) in [6.45, 7) is 2.71. The van der Waals surface area contributed by atoms with Crippen LogP contribution in [-0.2, 0) is 6.54 Å². The molecule has 0 fully saturated rings. The number of furan rings is 1. The zero-order chi connectivity index (χ0) is 12.3. The van der Waals surface area contributed by atoms with E-state index in [1.54, 1.807) is 7.11 Å². The number of hydrogen-bond acceptors (Lipinski definition) is 3. The lowest BCUT2D eigenvalue weighted by molar-refractivity contribution is 0.416. The number of nitrogens with one attached hydrogen (secondary N) is 1. The quantitative estimate of drug-likeness (QED) is 0.858. The first kappa shape index (κ1) is 12.3. The number of ether oxygens (including phenoxy) is 1. The largest absolute Gasteiger partial charge is 0.495 e. The number of aryl methyl sites for hydroxylation is 1. The van der Waals surface area contributed by atoms with Crippen LogP contribution in [0.2, 0.25) is 0 Å². The van der Waals surface area contributed by atoms with E-state index in [0.29, 0.717) is 6.54 Å². The smallest absolute Gasteiger partial charge is 0.164 e. The van der Waals surface area contributed by atoms with Crippen molar-refractivity contribution < 1.29 is 9.15 Å². The molecule has 4 heteroatoms. The Bertz CT molecular complexity index is 508. The molecule has 1 N–H and O–H groups in total. The topological polar surface area (TPSA) is 34.4 Å². The first-order valence-corrected chi connectivity index (χ1v) is 6.39. The van der Waals surface area contributed by atoms with Gasteiger partial charge in [-0.25, -0.2) is 0 Å². The van der Waals surface area contributed by atoms with Crippen LogP contribution in [0.15, 0.2) is 34.7 Å². The Hall–Kier alpha value is -1.17. The Morgan fingerprint density at radius 1 is 1.29 bits per heavy atom. The van der Waals surface area contributed by atoms with Crippen LogP contribution >= 0.6 is 22.6 Å². The maximum absolute atomic E-state index is 5.49. The summed E-state index contributed by atoms with van der Waals surface area (Å²) < 4.78 is 11.7. The van der Waals surface area contributed by atoms with Crippen LogP contribution in [0.5, 0.6) is 5.75 Å². The molecular weight excluding hydrogens is 329 g/mol. The van der Waals surface area contributed by atoms with Gasteiger partial charge in [0.25, 0.3) is 0 Å². The summed E-state index contributed by atoms with van der Waals surface area (Å²) in [6, 6.07) is 9.97. The maximum atomic E-state index is 5.49. The van der Waals surface area contributed by atoms with Crippen molar-refractivity contribution in [2.75, 3.05) is 12.4 Å². The van der Waals surface area contributed by atoms with E-state index >= 15 is 0 Å². The molecule has 1 aromatic heterocycles. The molecule has 1 heterocycles. The molecule has 0 saturated carbocycles. The van der Waals surface area contributed by atoms with E-state index in [2.05, 4.69) is 40.9 Å². The summed E-state index contributed by atoms with van der Waals surface area (Å²) in [6.07, 6.45) is 0. The van der Waals surface area contributed by atoms with Crippen LogP contribution in [0.3, 0.4) is 0 Å². The van der Waals surface area contributed by atoms with Crippen LogP contribution in [-0.4, -0.2) is 7.11 Å². The zero-order valence-electron chi connectivity index (χ0n) is 9.79. The van der Waals surface area contributed by atoms with Crippen molar-refractivity contribution in [1.82, 2.24) is 0 Å². The molecule has 0 spiro atoms. The van der Waals surface area contributed by atoms with Gasteiger partial charge in [-0.15, -0.1) is 0 Å². The highest BCUT2D eigenvalue weighted by atomic mass is 127. The minimum absolute atomic E-state index is 0.656. The Labute approximate surface area is 114 Å². The fourth-order valence-electron chi connectivity index (χ4n) is 1.59. The predicted octanol–water partition coefficient (Wildman–Crippen LogP) is 3.81. The van der Waals surface area contributed by atoms with Crippen molar-refractivity contribution in [2.24, 2.45) is 0 Å². The molecule has 3 nitrogen and oxygen atoms in total. The molecule has 2 rings (SSSR count). The molecule has 0 amide bonds. The molecule has 90 valence electrons. The van der Waals surface area contributed by atoms with Gasteiger partial charge >= 0.3 is 0 Å². The zero-order valence-corrected chi connectivity index (χ0v) is 11.9. The third-order valence-corrected chi connectivity index (χ3v) is 3.02. The van der Waals surface area contributed by atoms with Crippen LogP contribution in [0.4, 0.5) is 5.69 Å². The van der Waals surface area contributed by atoms with Gasteiger partial charge in [0, 0.05) is 0 Å². The van der Waals surface area contributed by atoms with Crippen molar-refractivity contribution in [2.45, 2.75) is 13.5 Å². The highest BCUT2D eigenvalue weighted by Crippen LogP contribution is 2.25. The van der Waals surface area contributed by atoms with Crippen LogP contribution in [0, 0.1) is 10.7 Å². The first-order chi connectivity index (χ1) is 8.19. The van der Waals surface area contributed by atoms with Gasteiger partial charge in [-0.2, -0.15) is 0 Å². The molecule has 0 aliphatic heterocycles. The van der Waals surface area contributed by atoms with E-state index < -0.39 is 0 Å². The second kappa shape index (κ2) is 5.44. The lowest BCUT2D eigenvalue weighted by Crippen LogP contribution is -2.00. The van der Waals surface area contributed by atoms with E-state index in [4.69, 9.17) is 9.15 Å². The van der Waals surface area contributed by atoms with Crippen molar-refractivity contribution in [1.29, 1.82) is 0 Å². The Morgan fingerprint density at radius 2 is 2.12 bits per heavy atom. The summed E-state index contributed by atoms with van der Waals surface area (Å²) in [5.74, 6) is 1.76. The number of halogens is 1.